The lowest BCUT2D eigenvalue weighted by molar-refractivity contribution is -0.162. The molecule has 2 rings (SSSR count). The van der Waals surface area contributed by atoms with E-state index < -0.39 is 23.5 Å². The molecule has 0 radical (unpaired) electrons. The van der Waals surface area contributed by atoms with Crippen LogP contribution in [0, 0.1) is 5.82 Å². The maximum atomic E-state index is 13.4. The molecule has 1 aromatic rings. The zero-order chi connectivity index (χ0) is 12.6. The lowest BCUT2D eigenvalue weighted by Crippen LogP contribution is -2.34. The molecule has 1 unspecified atom stereocenters. The molecule has 3 nitrogen and oxygen atoms in total. The highest BCUT2D eigenvalue weighted by Crippen LogP contribution is 2.32. The second-order valence-electron chi connectivity index (χ2n) is 5.07. The third-order valence-corrected chi connectivity index (χ3v) is 2.38. The fraction of sp³-hybridized carbons (Fsp3) is 0.462. The van der Waals surface area contributed by atoms with Gasteiger partial charge in [0.1, 0.15) is 5.60 Å². The van der Waals surface area contributed by atoms with Gasteiger partial charge in [-0.15, -0.1) is 0 Å². The number of benzene rings is 1. The Morgan fingerprint density at radius 3 is 2.76 bits per heavy atom. The summed E-state index contributed by atoms with van der Waals surface area (Å²) in [7, 11) is 0. The van der Waals surface area contributed by atoms with Crippen LogP contribution in [-0.4, -0.2) is 17.7 Å². The molecule has 4 heteroatoms. The number of fused-ring (bicyclic) bond motifs is 1. The Hall–Kier alpha value is -1.58. The van der Waals surface area contributed by atoms with E-state index in [4.69, 9.17) is 9.47 Å². The number of carbonyl (C=O) groups excluding carboxylic acids is 1. The minimum absolute atomic E-state index is 0.170. The SMILES string of the molecule is CC(C)(C)OC(=O)C1Cc2cccc(F)c2O1. The molecule has 0 N–H and O–H groups in total. The first-order valence-electron chi connectivity index (χ1n) is 5.54. The summed E-state index contributed by atoms with van der Waals surface area (Å²) in [6, 6.07) is 4.67. The Balaban J connectivity index is 2.10. The Kier molecular flexibility index (Phi) is 2.81. The molecule has 1 aliphatic rings. The first-order valence-corrected chi connectivity index (χ1v) is 5.54. The van der Waals surface area contributed by atoms with Gasteiger partial charge in [0.2, 0.25) is 0 Å². The molecular formula is C13H15FO3. The second kappa shape index (κ2) is 4.02. The number of esters is 1. The van der Waals surface area contributed by atoms with Crippen LogP contribution < -0.4 is 4.74 Å². The molecule has 0 aliphatic carbocycles. The van der Waals surface area contributed by atoms with E-state index in [2.05, 4.69) is 0 Å². The van der Waals surface area contributed by atoms with Gasteiger partial charge < -0.3 is 9.47 Å². The summed E-state index contributed by atoms with van der Waals surface area (Å²) in [5.74, 6) is -0.718. The molecule has 1 heterocycles. The third-order valence-electron chi connectivity index (χ3n) is 2.38. The Morgan fingerprint density at radius 2 is 2.18 bits per heavy atom. The highest BCUT2D eigenvalue weighted by molar-refractivity contribution is 5.77. The van der Waals surface area contributed by atoms with Crippen LogP contribution in [0.1, 0.15) is 26.3 Å². The topological polar surface area (TPSA) is 35.5 Å². The van der Waals surface area contributed by atoms with Crippen molar-refractivity contribution in [2.24, 2.45) is 0 Å². The molecule has 0 saturated heterocycles. The molecule has 0 amide bonds. The van der Waals surface area contributed by atoms with Crippen molar-refractivity contribution in [3.63, 3.8) is 0 Å². The fourth-order valence-electron chi connectivity index (χ4n) is 1.73. The van der Waals surface area contributed by atoms with Crippen LogP contribution in [0.2, 0.25) is 0 Å². The van der Waals surface area contributed by atoms with E-state index >= 15 is 0 Å². The van der Waals surface area contributed by atoms with Crippen molar-refractivity contribution >= 4 is 5.97 Å². The van der Waals surface area contributed by atoms with E-state index in [0.29, 0.717) is 12.0 Å². The molecule has 17 heavy (non-hydrogen) atoms. The number of carbonyl (C=O) groups is 1. The van der Waals surface area contributed by atoms with Crippen molar-refractivity contribution in [1.82, 2.24) is 0 Å². The molecule has 0 spiro atoms. The third kappa shape index (κ3) is 2.57. The number of ether oxygens (including phenoxy) is 2. The Labute approximate surface area is 99.5 Å². The number of hydrogen-bond donors (Lipinski definition) is 0. The van der Waals surface area contributed by atoms with E-state index in [1.54, 1.807) is 32.9 Å². The predicted molar refractivity (Wildman–Crippen MR) is 60.4 cm³/mol. The maximum Gasteiger partial charge on any atom is 0.348 e. The molecule has 1 aliphatic heterocycles. The Morgan fingerprint density at radius 1 is 1.47 bits per heavy atom. The summed E-state index contributed by atoms with van der Waals surface area (Å²) in [6.07, 6.45) is -0.372. The number of para-hydroxylation sites is 1. The van der Waals surface area contributed by atoms with Crippen molar-refractivity contribution in [2.75, 3.05) is 0 Å². The molecule has 1 aromatic carbocycles. The first-order chi connectivity index (χ1) is 7.87. The second-order valence-corrected chi connectivity index (χ2v) is 5.07. The molecular weight excluding hydrogens is 223 g/mol. The molecule has 0 bridgehead atoms. The van der Waals surface area contributed by atoms with E-state index in [-0.39, 0.29) is 5.75 Å². The van der Waals surface area contributed by atoms with Gasteiger partial charge in [-0.05, 0) is 26.8 Å². The summed E-state index contributed by atoms with van der Waals surface area (Å²) in [4.78, 5) is 11.8. The summed E-state index contributed by atoms with van der Waals surface area (Å²) in [5, 5.41) is 0. The molecule has 0 saturated carbocycles. The smallest absolute Gasteiger partial charge is 0.348 e. The van der Waals surface area contributed by atoms with Crippen molar-refractivity contribution in [3.05, 3.63) is 29.6 Å². The number of rotatable bonds is 1. The quantitative estimate of drug-likeness (QED) is 0.705. The van der Waals surface area contributed by atoms with Crippen LogP contribution in [0.3, 0.4) is 0 Å². The highest BCUT2D eigenvalue weighted by atomic mass is 19.1. The van der Waals surface area contributed by atoms with Gasteiger partial charge in [0, 0.05) is 12.0 Å². The predicted octanol–water partition coefficient (Wildman–Crippen LogP) is 2.47. The fourth-order valence-corrected chi connectivity index (χ4v) is 1.73. The highest BCUT2D eigenvalue weighted by Gasteiger charge is 2.34. The van der Waals surface area contributed by atoms with E-state index in [1.165, 1.54) is 6.07 Å². The standard InChI is InChI=1S/C13H15FO3/c1-13(2,3)17-12(15)10-7-8-5-4-6-9(14)11(8)16-10/h4-6,10H,7H2,1-3H3. The summed E-state index contributed by atoms with van der Waals surface area (Å²) < 4.78 is 23.9. The molecule has 1 atom stereocenters. The van der Waals surface area contributed by atoms with Gasteiger partial charge >= 0.3 is 5.97 Å². The molecule has 0 fully saturated rings. The van der Waals surface area contributed by atoms with Gasteiger partial charge in [0.25, 0.3) is 0 Å². The average molecular weight is 238 g/mol. The van der Waals surface area contributed by atoms with Crippen molar-refractivity contribution in [1.29, 1.82) is 0 Å². The van der Waals surface area contributed by atoms with Gasteiger partial charge in [0.15, 0.2) is 17.7 Å². The molecule has 0 aromatic heterocycles. The van der Waals surface area contributed by atoms with Crippen molar-refractivity contribution < 1.29 is 18.7 Å². The normalized spacial score (nSPS) is 18.5. The van der Waals surface area contributed by atoms with Gasteiger partial charge in [-0.3, -0.25) is 0 Å². The lowest BCUT2D eigenvalue weighted by atomic mass is 10.1. The minimum atomic E-state index is -0.735. The summed E-state index contributed by atoms with van der Waals surface area (Å²) in [5.41, 5.74) is 0.147. The Bertz CT molecular complexity index is 448. The summed E-state index contributed by atoms with van der Waals surface area (Å²) in [6.45, 7) is 5.36. The van der Waals surface area contributed by atoms with Crippen LogP contribution >= 0.6 is 0 Å². The maximum absolute atomic E-state index is 13.4. The van der Waals surface area contributed by atoms with Crippen LogP contribution in [-0.2, 0) is 16.0 Å². The monoisotopic (exact) mass is 238 g/mol. The lowest BCUT2D eigenvalue weighted by Gasteiger charge is -2.21. The minimum Gasteiger partial charge on any atom is -0.475 e. The van der Waals surface area contributed by atoms with Gasteiger partial charge in [-0.25, -0.2) is 9.18 Å². The zero-order valence-electron chi connectivity index (χ0n) is 10.1. The van der Waals surface area contributed by atoms with E-state index in [1.807, 2.05) is 0 Å². The van der Waals surface area contributed by atoms with Crippen molar-refractivity contribution in [3.8, 4) is 5.75 Å². The average Bonchev–Trinajstić information content (AvgIpc) is 2.60. The van der Waals surface area contributed by atoms with Gasteiger partial charge in [0.05, 0.1) is 0 Å². The largest absolute Gasteiger partial charge is 0.475 e. The van der Waals surface area contributed by atoms with E-state index in [0.717, 1.165) is 0 Å². The summed E-state index contributed by atoms with van der Waals surface area (Å²) >= 11 is 0. The van der Waals surface area contributed by atoms with Gasteiger partial charge in [-0.1, -0.05) is 12.1 Å². The van der Waals surface area contributed by atoms with Crippen LogP contribution in [0.15, 0.2) is 18.2 Å². The van der Waals surface area contributed by atoms with Crippen LogP contribution in [0.4, 0.5) is 4.39 Å². The number of halogens is 1. The first kappa shape index (κ1) is 11.9. The van der Waals surface area contributed by atoms with Crippen LogP contribution in [0.25, 0.3) is 0 Å². The van der Waals surface area contributed by atoms with Crippen molar-refractivity contribution in [2.45, 2.75) is 38.9 Å². The van der Waals surface area contributed by atoms with Crippen LogP contribution in [0.5, 0.6) is 5.75 Å². The number of hydrogen-bond acceptors (Lipinski definition) is 3. The zero-order valence-corrected chi connectivity index (χ0v) is 10.1. The van der Waals surface area contributed by atoms with Gasteiger partial charge in [-0.2, -0.15) is 0 Å². The molecule has 92 valence electrons. The van der Waals surface area contributed by atoms with E-state index in [9.17, 15) is 9.18 Å².